The van der Waals surface area contributed by atoms with Gasteiger partial charge in [-0.25, -0.2) is 0 Å². The van der Waals surface area contributed by atoms with Crippen molar-refractivity contribution in [1.29, 1.82) is 0 Å². The molecule has 2 nitrogen and oxygen atoms in total. The summed E-state index contributed by atoms with van der Waals surface area (Å²) in [7, 11) is 1.70. The first kappa shape index (κ1) is 12.1. The zero-order valence-electron chi connectivity index (χ0n) is 11.6. The predicted octanol–water partition coefficient (Wildman–Crippen LogP) is 4.25. The fourth-order valence-corrected chi connectivity index (χ4v) is 2.52. The normalized spacial score (nSPS) is 17.1. The zero-order chi connectivity index (χ0) is 13.5. The number of methoxy groups -OCH3 is 1. The van der Waals surface area contributed by atoms with Gasteiger partial charge in [-0.3, -0.25) is 0 Å². The molecule has 2 aromatic rings. The molecule has 0 saturated heterocycles. The highest BCUT2D eigenvalue weighted by atomic mass is 16.5. The third-order valence-corrected chi connectivity index (χ3v) is 3.48. The molecule has 98 valence electrons. The SMILES string of the molecule is COc1ccc2ccccc2c1C1=CC(C)(C)CO1. The standard InChI is InChI=1S/C17H18O2/c1-17(2)10-15(19-11-17)16-13-7-5-4-6-12(13)8-9-14(16)18-3/h4-10H,11H2,1-3H3. The highest BCUT2D eigenvalue weighted by molar-refractivity contribution is 5.95. The van der Waals surface area contributed by atoms with Crippen molar-refractivity contribution in [3.05, 3.63) is 48.0 Å². The van der Waals surface area contributed by atoms with Gasteiger partial charge in [-0.15, -0.1) is 0 Å². The molecule has 0 bridgehead atoms. The molecule has 0 radical (unpaired) electrons. The van der Waals surface area contributed by atoms with Crippen molar-refractivity contribution in [1.82, 2.24) is 0 Å². The molecule has 0 aromatic heterocycles. The molecule has 1 heterocycles. The van der Waals surface area contributed by atoms with Crippen LogP contribution in [0.2, 0.25) is 0 Å². The number of ether oxygens (including phenoxy) is 2. The summed E-state index contributed by atoms with van der Waals surface area (Å²) >= 11 is 0. The van der Waals surface area contributed by atoms with Crippen LogP contribution in [-0.4, -0.2) is 13.7 Å². The van der Waals surface area contributed by atoms with Gasteiger partial charge >= 0.3 is 0 Å². The van der Waals surface area contributed by atoms with E-state index >= 15 is 0 Å². The Hall–Kier alpha value is -1.96. The molecule has 0 aliphatic carbocycles. The minimum absolute atomic E-state index is 0.0806. The fraction of sp³-hybridized carbons (Fsp3) is 0.294. The molecule has 19 heavy (non-hydrogen) atoms. The quantitative estimate of drug-likeness (QED) is 0.797. The predicted molar refractivity (Wildman–Crippen MR) is 78.2 cm³/mol. The van der Waals surface area contributed by atoms with E-state index in [0.717, 1.165) is 17.1 Å². The van der Waals surface area contributed by atoms with E-state index in [0.29, 0.717) is 6.61 Å². The minimum Gasteiger partial charge on any atom is -0.496 e. The highest BCUT2D eigenvalue weighted by Gasteiger charge is 2.27. The zero-order valence-corrected chi connectivity index (χ0v) is 11.6. The Morgan fingerprint density at radius 2 is 1.89 bits per heavy atom. The van der Waals surface area contributed by atoms with Gasteiger partial charge in [0.25, 0.3) is 0 Å². The smallest absolute Gasteiger partial charge is 0.130 e. The van der Waals surface area contributed by atoms with E-state index in [1.165, 1.54) is 10.8 Å². The van der Waals surface area contributed by atoms with E-state index in [2.05, 4.69) is 38.1 Å². The van der Waals surface area contributed by atoms with E-state index in [9.17, 15) is 0 Å². The minimum atomic E-state index is 0.0806. The van der Waals surface area contributed by atoms with E-state index in [1.807, 2.05) is 18.2 Å². The molecule has 1 aliphatic heterocycles. The van der Waals surface area contributed by atoms with Gasteiger partial charge in [0.05, 0.1) is 19.3 Å². The van der Waals surface area contributed by atoms with Crippen molar-refractivity contribution >= 4 is 16.5 Å². The molecule has 0 unspecified atom stereocenters. The van der Waals surface area contributed by atoms with Gasteiger partial charge in [0.1, 0.15) is 11.5 Å². The molecule has 0 N–H and O–H groups in total. The summed E-state index contributed by atoms with van der Waals surface area (Å²) in [6, 6.07) is 12.4. The Morgan fingerprint density at radius 3 is 2.58 bits per heavy atom. The lowest BCUT2D eigenvalue weighted by Gasteiger charge is -2.13. The number of hydrogen-bond donors (Lipinski definition) is 0. The molecule has 3 rings (SSSR count). The second kappa shape index (κ2) is 4.30. The summed E-state index contributed by atoms with van der Waals surface area (Å²) in [5.41, 5.74) is 1.14. The molecule has 0 fully saturated rings. The van der Waals surface area contributed by atoms with Crippen molar-refractivity contribution in [2.24, 2.45) is 5.41 Å². The van der Waals surface area contributed by atoms with Crippen LogP contribution in [0.5, 0.6) is 5.75 Å². The summed E-state index contributed by atoms with van der Waals surface area (Å²) < 4.78 is 11.4. The van der Waals surface area contributed by atoms with Gasteiger partial charge in [-0.2, -0.15) is 0 Å². The molecule has 0 amide bonds. The van der Waals surface area contributed by atoms with E-state index in [4.69, 9.17) is 9.47 Å². The summed E-state index contributed by atoms with van der Waals surface area (Å²) in [6.07, 6.45) is 2.19. The van der Waals surface area contributed by atoms with E-state index < -0.39 is 0 Å². The Kier molecular flexibility index (Phi) is 2.74. The maximum absolute atomic E-state index is 5.89. The van der Waals surface area contributed by atoms with Crippen LogP contribution in [0.4, 0.5) is 0 Å². The lowest BCUT2D eigenvalue weighted by Crippen LogP contribution is -2.08. The third-order valence-electron chi connectivity index (χ3n) is 3.48. The molecule has 0 saturated carbocycles. The topological polar surface area (TPSA) is 18.5 Å². The number of fused-ring (bicyclic) bond motifs is 1. The molecule has 2 heteroatoms. The van der Waals surface area contributed by atoms with Crippen molar-refractivity contribution < 1.29 is 9.47 Å². The van der Waals surface area contributed by atoms with Crippen LogP contribution in [0.15, 0.2) is 42.5 Å². The van der Waals surface area contributed by atoms with Gasteiger partial charge < -0.3 is 9.47 Å². The largest absolute Gasteiger partial charge is 0.496 e. The Labute approximate surface area is 113 Å². The first-order chi connectivity index (χ1) is 9.11. The highest BCUT2D eigenvalue weighted by Crippen LogP contribution is 2.40. The molecule has 0 spiro atoms. The molecule has 1 aliphatic rings. The summed E-state index contributed by atoms with van der Waals surface area (Å²) in [5, 5.41) is 2.37. The van der Waals surface area contributed by atoms with Gasteiger partial charge in [0, 0.05) is 5.41 Å². The monoisotopic (exact) mass is 254 g/mol. The van der Waals surface area contributed by atoms with Crippen LogP contribution >= 0.6 is 0 Å². The lowest BCUT2D eigenvalue weighted by molar-refractivity contribution is 0.226. The number of hydrogen-bond acceptors (Lipinski definition) is 2. The summed E-state index contributed by atoms with van der Waals surface area (Å²) in [5.74, 6) is 1.79. The van der Waals surface area contributed by atoms with E-state index in [-0.39, 0.29) is 5.41 Å². The van der Waals surface area contributed by atoms with Crippen LogP contribution in [0.25, 0.3) is 16.5 Å². The maximum atomic E-state index is 5.89. The average molecular weight is 254 g/mol. The summed E-state index contributed by atoms with van der Waals surface area (Å²) in [6.45, 7) is 5.07. The van der Waals surface area contributed by atoms with Crippen molar-refractivity contribution in [3.63, 3.8) is 0 Å². The van der Waals surface area contributed by atoms with Gasteiger partial charge in [0.2, 0.25) is 0 Å². The molecule has 0 atom stereocenters. The van der Waals surface area contributed by atoms with Crippen LogP contribution in [-0.2, 0) is 4.74 Å². The number of rotatable bonds is 2. The van der Waals surface area contributed by atoms with Crippen LogP contribution in [0, 0.1) is 5.41 Å². The second-order valence-electron chi connectivity index (χ2n) is 5.65. The second-order valence-corrected chi connectivity index (χ2v) is 5.65. The van der Waals surface area contributed by atoms with Crippen LogP contribution < -0.4 is 4.74 Å². The van der Waals surface area contributed by atoms with Crippen LogP contribution in [0.3, 0.4) is 0 Å². The van der Waals surface area contributed by atoms with Crippen molar-refractivity contribution in [2.75, 3.05) is 13.7 Å². The number of benzene rings is 2. The van der Waals surface area contributed by atoms with Crippen LogP contribution in [0.1, 0.15) is 19.4 Å². The molecule has 2 aromatic carbocycles. The Morgan fingerprint density at radius 1 is 1.11 bits per heavy atom. The van der Waals surface area contributed by atoms with E-state index in [1.54, 1.807) is 7.11 Å². The fourth-order valence-electron chi connectivity index (χ4n) is 2.52. The molecular weight excluding hydrogens is 236 g/mol. The first-order valence-electron chi connectivity index (χ1n) is 6.52. The average Bonchev–Trinajstić information content (AvgIpc) is 2.77. The Balaban J connectivity index is 2.27. The van der Waals surface area contributed by atoms with Crippen molar-refractivity contribution in [3.8, 4) is 5.75 Å². The first-order valence-corrected chi connectivity index (χ1v) is 6.52. The van der Waals surface area contributed by atoms with Gasteiger partial charge in [-0.1, -0.05) is 44.2 Å². The van der Waals surface area contributed by atoms with Gasteiger partial charge in [0.15, 0.2) is 0 Å². The lowest BCUT2D eigenvalue weighted by atomic mass is 9.94. The van der Waals surface area contributed by atoms with Crippen molar-refractivity contribution in [2.45, 2.75) is 13.8 Å². The van der Waals surface area contributed by atoms with Gasteiger partial charge in [-0.05, 0) is 22.9 Å². The summed E-state index contributed by atoms with van der Waals surface area (Å²) in [4.78, 5) is 0. The Bertz CT molecular complexity index is 653. The third kappa shape index (κ3) is 2.07. The maximum Gasteiger partial charge on any atom is 0.130 e. The molecular formula is C17H18O2.